The van der Waals surface area contributed by atoms with Crippen molar-refractivity contribution in [3.63, 3.8) is 0 Å². The van der Waals surface area contributed by atoms with Crippen molar-refractivity contribution in [1.82, 2.24) is 10.3 Å². The summed E-state index contributed by atoms with van der Waals surface area (Å²) in [6, 6.07) is 10.4. The summed E-state index contributed by atoms with van der Waals surface area (Å²) in [5, 5.41) is 3.93. The van der Waals surface area contributed by atoms with Crippen LogP contribution in [0.1, 0.15) is 13.8 Å². The van der Waals surface area contributed by atoms with Crippen molar-refractivity contribution < 1.29 is 4.79 Å². The Balaban J connectivity index is 1.77. The van der Waals surface area contributed by atoms with Crippen LogP contribution < -0.4 is 10.3 Å². The maximum atomic E-state index is 11.7. The third-order valence-electron chi connectivity index (χ3n) is 3.27. The van der Waals surface area contributed by atoms with Gasteiger partial charge in [-0.1, -0.05) is 18.2 Å². The SMILES string of the molecule is CC(C)=NNC(=O)CN1CCN(c2ccccc2)CC1. The highest BCUT2D eigenvalue weighted by Crippen LogP contribution is 2.15. The Morgan fingerprint density at radius 2 is 1.80 bits per heavy atom. The van der Waals surface area contributed by atoms with E-state index in [9.17, 15) is 4.79 Å². The molecule has 1 N–H and O–H groups in total. The molecule has 2 rings (SSSR count). The average Bonchev–Trinajstić information content (AvgIpc) is 2.47. The van der Waals surface area contributed by atoms with Crippen molar-refractivity contribution in [2.75, 3.05) is 37.6 Å². The third kappa shape index (κ3) is 4.35. The molecule has 0 saturated carbocycles. The van der Waals surface area contributed by atoms with Crippen LogP contribution in [-0.2, 0) is 4.79 Å². The number of carbonyl (C=O) groups excluding carboxylic acids is 1. The fourth-order valence-electron chi connectivity index (χ4n) is 2.22. The van der Waals surface area contributed by atoms with E-state index in [1.54, 1.807) is 0 Å². The summed E-state index contributed by atoms with van der Waals surface area (Å²) in [6.45, 7) is 7.84. The topological polar surface area (TPSA) is 47.9 Å². The molecule has 20 heavy (non-hydrogen) atoms. The van der Waals surface area contributed by atoms with Gasteiger partial charge in [-0.15, -0.1) is 0 Å². The molecule has 0 bridgehead atoms. The zero-order valence-electron chi connectivity index (χ0n) is 12.2. The fraction of sp³-hybridized carbons (Fsp3) is 0.467. The third-order valence-corrected chi connectivity index (χ3v) is 3.27. The molecule has 0 spiro atoms. The molecule has 108 valence electrons. The molecule has 0 aliphatic carbocycles. The molecule has 1 aliphatic rings. The minimum atomic E-state index is -0.0423. The van der Waals surface area contributed by atoms with Crippen LogP contribution in [0.2, 0.25) is 0 Å². The number of hydrogen-bond acceptors (Lipinski definition) is 4. The van der Waals surface area contributed by atoms with Gasteiger partial charge in [0.25, 0.3) is 5.91 Å². The second-order valence-electron chi connectivity index (χ2n) is 5.19. The zero-order valence-corrected chi connectivity index (χ0v) is 12.2. The molecule has 1 aliphatic heterocycles. The quantitative estimate of drug-likeness (QED) is 0.665. The van der Waals surface area contributed by atoms with E-state index in [0.717, 1.165) is 31.9 Å². The van der Waals surface area contributed by atoms with E-state index < -0.39 is 0 Å². The van der Waals surface area contributed by atoms with Gasteiger partial charge in [-0.3, -0.25) is 9.69 Å². The van der Waals surface area contributed by atoms with Crippen molar-refractivity contribution in [3.05, 3.63) is 30.3 Å². The number of para-hydroxylation sites is 1. The first-order chi connectivity index (χ1) is 9.65. The van der Waals surface area contributed by atoms with Crippen LogP contribution in [0, 0.1) is 0 Å². The van der Waals surface area contributed by atoms with Crippen molar-refractivity contribution >= 4 is 17.3 Å². The largest absolute Gasteiger partial charge is 0.369 e. The van der Waals surface area contributed by atoms with Crippen LogP contribution in [0.3, 0.4) is 0 Å². The molecule has 0 unspecified atom stereocenters. The Labute approximate surface area is 120 Å². The molecular weight excluding hydrogens is 252 g/mol. The van der Waals surface area contributed by atoms with Crippen LogP contribution in [0.4, 0.5) is 5.69 Å². The van der Waals surface area contributed by atoms with Crippen molar-refractivity contribution in [3.8, 4) is 0 Å². The number of carbonyl (C=O) groups is 1. The van der Waals surface area contributed by atoms with E-state index in [1.165, 1.54) is 5.69 Å². The molecule has 0 radical (unpaired) electrons. The van der Waals surface area contributed by atoms with E-state index in [-0.39, 0.29) is 5.91 Å². The Kier molecular flexibility index (Phi) is 5.12. The van der Waals surface area contributed by atoms with Gasteiger partial charge in [0.15, 0.2) is 0 Å². The van der Waals surface area contributed by atoms with E-state index in [0.29, 0.717) is 6.54 Å². The van der Waals surface area contributed by atoms with E-state index in [2.05, 4.69) is 44.6 Å². The van der Waals surface area contributed by atoms with Gasteiger partial charge in [0.05, 0.1) is 6.54 Å². The Morgan fingerprint density at radius 3 is 2.40 bits per heavy atom. The van der Waals surface area contributed by atoms with Gasteiger partial charge in [-0.25, -0.2) is 5.43 Å². The standard InChI is InChI=1S/C15H22N4O/c1-13(2)16-17-15(20)12-18-8-10-19(11-9-18)14-6-4-3-5-7-14/h3-7H,8-12H2,1-2H3,(H,17,20). The van der Waals surface area contributed by atoms with Gasteiger partial charge in [0.2, 0.25) is 0 Å². The summed E-state index contributed by atoms with van der Waals surface area (Å²) < 4.78 is 0. The summed E-state index contributed by atoms with van der Waals surface area (Å²) in [5.41, 5.74) is 4.67. The fourth-order valence-corrected chi connectivity index (χ4v) is 2.22. The Bertz CT molecular complexity index is 460. The van der Waals surface area contributed by atoms with E-state index in [4.69, 9.17) is 0 Å². The number of hydrogen-bond donors (Lipinski definition) is 1. The summed E-state index contributed by atoms with van der Waals surface area (Å²) in [5.74, 6) is -0.0423. The number of piperazine rings is 1. The monoisotopic (exact) mass is 274 g/mol. The van der Waals surface area contributed by atoms with Gasteiger partial charge >= 0.3 is 0 Å². The number of nitrogens with one attached hydrogen (secondary N) is 1. The number of amides is 1. The smallest absolute Gasteiger partial charge is 0.254 e. The molecule has 1 aromatic rings. The summed E-state index contributed by atoms with van der Waals surface area (Å²) in [4.78, 5) is 16.2. The minimum absolute atomic E-state index is 0.0423. The first kappa shape index (κ1) is 14.5. The molecule has 1 heterocycles. The second kappa shape index (κ2) is 7.05. The first-order valence-corrected chi connectivity index (χ1v) is 6.97. The predicted molar refractivity (Wildman–Crippen MR) is 82.0 cm³/mol. The number of nitrogens with zero attached hydrogens (tertiary/aromatic N) is 3. The van der Waals surface area contributed by atoms with Crippen LogP contribution in [-0.4, -0.2) is 49.2 Å². The molecule has 1 fully saturated rings. The summed E-state index contributed by atoms with van der Waals surface area (Å²) >= 11 is 0. The first-order valence-electron chi connectivity index (χ1n) is 6.97. The summed E-state index contributed by atoms with van der Waals surface area (Å²) in [6.07, 6.45) is 0. The van der Waals surface area contributed by atoms with Gasteiger partial charge in [0.1, 0.15) is 0 Å². The normalized spacial score (nSPS) is 15.8. The molecule has 0 aromatic heterocycles. The average molecular weight is 274 g/mol. The zero-order chi connectivity index (χ0) is 14.4. The molecule has 5 heteroatoms. The van der Waals surface area contributed by atoms with Crippen molar-refractivity contribution in [2.45, 2.75) is 13.8 Å². The van der Waals surface area contributed by atoms with Gasteiger partial charge in [-0.2, -0.15) is 5.10 Å². The highest BCUT2D eigenvalue weighted by atomic mass is 16.2. The molecule has 1 amide bonds. The van der Waals surface area contributed by atoms with Crippen LogP contribution in [0.15, 0.2) is 35.4 Å². The Hall–Kier alpha value is -1.88. The maximum absolute atomic E-state index is 11.7. The summed E-state index contributed by atoms with van der Waals surface area (Å²) in [7, 11) is 0. The molecule has 5 nitrogen and oxygen atoms in total. The van der Waals surface area contributed by atoms with Crippen LogP contribution in [0.5, 0.6) is 0 Å². The van der Waals surface area contributed by atoms with Gasteiger partial charge in [0, 0.05) is 37.6 Å². The lowest BCUT2D eigenvalue weighted by Crippen LogP contribution is -2.49. The van der Waals surface area contributed by atoms with Crippen LogP contribution >= 0.6 is 0 Å². The van der Waals surface area contributed by atoms with Gasteiger partial charge < -0.3 is 4.90 Å². The lowest BCUT2D eigenvalue weighted by Gasteiger charge is -2.35. The molecule has 0 atom stereocenters. The van der Waals surface area contributed by atoms with Crippen molar-refractivity contribution in [1.29, 1.82) is 0 Å². The van der Waals surface area contributed by atoms with Crippen LogP contribution in [0.25, 0.3) is 0 Å². The minimum Gasteiger partial charge on any atom is -0.369 e. The lowest BCUT2D eigenvalue weighted by molar-refractivity contribution is -0.122. The van der Waals surface area contributed by atoms with Crippen molar-refractivity contribution in [2.24, 2.45) is 5.10 Å². The number of anilines is 1. The number of benzene rings is 1. The van der Waals surface area contributed by atoms with E-state index in [1.807, 2.05) is 19.9 Å². The second-order valence-corrected chi connectivity index (χ2v) is 5.19. The lowest BCUT2D eigenvalue weighted by atomic mass is 10.2. The predicted octanol–water partition coefficient (Wildman–Crippen LogP) is 1.32. The maximum Gasteiger partial charge on any atom is 0.254 e. The number of rotatable bonds is 4. The Morgan fingerprint density at radius 1 is 1.15 bits per heavy atom. The molecule has 1 aromatic carbocycles. The molecular formula is C15H22N4O. The van der Waals surface area contributed by atoms with E-state index >= 15 is 0 Å². The highest BCUT2D eigenvalue weighted by Gasteiger charge is 2.18. The molecule has 1 saturated heterocycles. The number of hydrazone groups is 1. The van der Waals surface area contributed by atoms with Gasteiger partial charge in [-0.05, 0) is 26.0 Å². The highest BCUT2D eigenvalue weighted by molar-refractivity contribution is 5.83.